The van der Waals surface area contributed by atoms with Gasteiger partial charge in [-0.3, -0.25) is 14.5 Å². The summed E-state index contributed by atoms with van der Waals surface area (Å²) >= 11 is 0. The van der Waals surface area contributed by atoms with Gasteiger partial charge in [0, 0.05) is 22.3 Å². The fraction of sp³-hybridized carbons (Fsp3) is 0.400. The van der Waals surface area contributed by atoms with Crippen molar-refractivity contribution in [2.24, 2.45) is 0 Å². The number of carbonyl (C=O) groups is 1. The number of carbonyl (C=O) groups excluding carboxylic acids is 1. The van der Waals surface area contributed by atoms with Crippen LogP contribution in [0.4, 0.5) is 0 Å². The molecule has 2 N–H and O–H groups in total. The Morgan fingerprint density at radius 3 is 2.91 bits per heavy atom. The van der Waals surface area contributed by atoms with Gasteiger partial charge in [-0.05, 0) is 44.0 Å². The predicted octanol–water partition coefficient (Wildman–Crippen LogP) is 3.55. The van der Waals surface area contributed by atoms with Crippen LogP contribution in [-0.4, -0.2) is 38.2 Å². The molecular formula is C25H29N5O3. The van der Waals surface area contributed by atoms with E-state index in [1.54, 1.807) is 6.20 Å². The third-order valence-electron chi connectivity index (χ3n) is 6.57. The highest BCUT2D eigenvalue weighted by Gasteiger charge is 2.22. The molecule has 1 fully saturated rings. The average Bonchev–Trinajstić information content (AvgIpc) is 3.44. The molecular weight excluding hydrogens is 418 g/mol. The van der Waals surface area contributed by atoms with Crippen LogP contribution < -0.4 is 10.9 Å². The van der Waals surface area contributed by atoms with Gasteiger partial charge >= 0.3 is 0 Å². The summed E-state index contributed by atoms with van der Waals surface area (Å²) in [6.45, 7) is 4.27. The number of amides is 1. The van der Waals surface area contributed by atoms with Crippen molar-refractivity contribution in [3.05, 3.63) is 64.5 Å². The number of nitrogens with one attached hydrogen (secondary N) is 2. The van der Waals surface area contributed by atoms with Crippen LogP contribution in [0.25, 0.3) is 21.8 Å². The van der Waals surface area contributed by atoms with Crippen LogP contribution in [0.1, 0.15) is 44.1 Å². The van der Waals surface area contributed by atoms with E-state index in [1.165, 1.54) is 23.9 Å². The standard InChI is InChI=1S/C25H29N5O3/c1-2-17-7-5-6-12-29(17)15-19-11-10-18(33-19)13-26-23(31)16-30-25(32)24-21(14-27-30)20-8-3-4-9-22(20)28-24/h3-4,8-11,14,17,28H,2,5-7,12-13,15-16H2,1H3,(H,26,31)/t17-/m0/s1. The average molecular weight is 448 g/mol. The molecule has 0 aliphatic carbocycles. The van der Waals surface area contributed by atoms with E-state index in [1.807, 2.05) is 36.4 Å². The van der Waals surface area contributed by atoms with Crippen LogP contribution in [0, 0.1) is 0 Å². The minimum Gasteiger partial charge on any atom is -0.463 e. The van der Waals surface area contributed by atoms with Gasteiger partial charge in [0.25, 0.3) is 5.56 Å². The molecule has 0 unspecified atom stereocenters. The second kappa shape index (κ2) is 9.23. The van der Waals surface area contributed by atoms with Crippen LogP contribution in [0.3, 0.4) is 0 Å². The Labute approximate surface area is 191 Å². The van der Waals surface area contributed by atoms with E-state index in [0.29, 0.717) is 17.3 Å². The molecule has 8 nitrogen and oxygen atoms in total. The Hall–Kier alpha value is -3.39. The fourth-order valence-electron chi connectivity index (χ4n) is 4.80. The Morgan fingerprint density at radius 1 is 1.18 bits per heavy atom. The monoisotopic (exact) mass is 447 g/mol. The van der Waals surface area contributed by atoms with Gasteiger partial charge in [-0.2, -0.15) is 5.10 Å². The Morgan fingerprint density at radius 2 is 2.03 bits per heavy atom. The van der Waals surface area contributed by atoms with Crippen molar-refractivity contribution in [1.29, 1.82) is 0 Å². The lowest BCUT2D eigenvalue weighted by atomic mass is 10.00. The zero-order valence-electron chi connectivity index (χ0n) is 18.8. The van der Waals surface area contributed by atoms with Crippen LogP contribution in [0.2, 0.25) is 0 Å². The minimum absolute atomic E-state index is 0.149. The predicted molar refractivity (Wildman–Crippen MR) is 127 cm³/mol. The third-order valence-corrected chi connectivity index (χ3v) is 6.57. The number of hydrogen-bond acceptors (Lipinski definition) is 5. The number of furan rings is 1. The summed E-state index contributed by atoms with van der Waals surface area (Å²) in [7, 11) is 0. The lowest BCUT2D eigenvalue weighted by Crippen LogP contribution is -2.38. The smallest absolute Gasteiger partial charge is 0.291 e. The number of para-hydroxylation sites is 1. The van der Waals surface area contributed by atoms with E-state index in [2.05, 4.69) is 27.2 Å². The van der Waals surface area contributed by atoms with Crippen LogP contribution in [-0.2, 0) is 24.4 Å². The maximum Gasteiger partial charge on any atom is 0.291 e. The number of hydrogen-bond donors (Lipinski definition) is 2. The van der Waals surface area contributed by atoms with Crippen molar-refractivity contribution < 1.29 is 9.21 Å². The maximum atomic E-state index is 12.8. The number of benzene rings is 1. The fourth-order valence-corrected chi connectivity index (χ4v) is 4.80. The summed E-state index contributed by atoms with van der Waals surface area (Å²) in [5.74, 6) is 1.33. The molecule has 1 amide bonds. The molecule has 4 aromatic rings. The van der Waals surface area contributed by atoms with Crippen LogP contribution in [0.15, 0.2) is 51.8 Å². The molecule has 4 heterocycles. The Kier molecular flexibility index (Phi) is 6.00. The number of aromatic nitrogens is 3. The SMILES string of the molecule is CC[C@H]1CCCCN1Cc1ccc(CNC(=O)Cn2ncc3c([nH]c4ccccc43)c2=O)o1. The molecule has 0 radical (unpaired) electrons. The Balaban J connectivity index is 1.21. The number of aromatic amines is 1. The van der Waals surface area contributed by atoms with Gasteiger partial charge in [0.05, 0.1) is 19.3 Å². The summed E-state index contributed by atoms with van der Waals surface area (Å²) < 4.78 is 7.13. The number of piperidine rings is 1. The molecule has 172 valence electrons. The highest BCUT2D eigenvalue weighted by atomic mass is 16.3. The first-order valence-electron chi connectivity index (χ1n) is 11.7. The zero-order chi connectivity index (χ0) is 22.8. The summed E-state index contributed by atoms with van der Waals surface area (Å²) in [5.41, 5.74) is 1.01. The quantitative estimate of drug-likeness (QED) is 0.452. The van der Waals surface area contributed by atoms with Crippen LogP contribution >= 0.6 is 0 Å². The first-order valence-corrected chi connectivity index (χ1v) is 11.7. The number of fused-ring (bicyclic) bond motifs is 3. The zero-order valence-corrected chi connectivity index (χ0v) is 18.8. The molecule has 0 saturated carbocycles. The van der Waals surface area contributed by atoms with E-state index in [4.69, 9.17) is 4.42 Å². The molecule has 0 bridgehead atoms. The normalized spacial score (nSPS) is 17.1. The second-order valence-corrected chi connectivity index (χ2v) is 8.74. The maximum absolute atomic E-state index is 12.8. The van der Waals surface area contributed by atoms with Gasteiger partial charge in [0.2, 0.25) is 5.91 Å². The van der Waals surface area contributed by atoms with Crippen LogP contribution in [0.5, 0.6) is 0 Å². The molecule has 8 heteroatoms. The van der Waals surface area contributed by atoms with E-state index < -0.39 is 0 Å². The van der Waals surface area contributed by atoms with Gasteiger partial charge in [0.15, 0.2) is 0 Å². The lowest BCUT2D eigenvalue weighted by Gasteiger charge is -2.34. The number of H-pyrrole nitrogens is 1. The van der Waals surface area contributed by atoms with Gasteiger partial charge in [-0.15, -0.1) is 0 Å². The number of nitrogens with zero attached hydrogens (tertiary/aromatic N) is 3. The van der Waals surface area contributed by atoms with E-state index in [0.717, 1.165) is 41.6 Å². The third kappa shape index (κ3) is 4.43. The van der Waals surface area contributed by atoms with Gasteiger partial charge in [-0.25, -0.2) is 4.68 Å². The van der Waals surface area contributed by atoms with Gasteiger partial charge < -0.3 is 14.7 Å². The number of likely N-dealkylation sites (tertiary alicyclic amines) is 1. The molecule has 5 rings (SSSR count). The second-order valence-electron chi connectivity index (χ2n) is 8.74. The molecule has 1 aliphatic heterocycles. The molecule has 33 heavy (non-hydrogen) atoms. The van der Waals surface area contributed by atoms with Crippen molar-refractivity contribution in [3.63, 3.8) is 0 Å². The van der Waals surface area contributed by atoms with Crippen molar-refractivity contribution in [1.82, 2.24) is 25.0 Å². The van der Waals surface area contributed by atoms with E-state index >= 15 is 0 Å². The van der Waals surface area contributed by atoms with Crippen molar-refractivity contribution >= 4 is 27.7 Å². The first kappa shape index (κ1) is 21.5. The molecule has 0 spiro atoms. The minimum atomic E-state index is -0.314. The molecule has 1 atom stereocenters. The summed E-state index contributed by atoms with van der Waals surface area (Å²) in [6, 6.07) is 12.2. The highest BCUT2D eigenvalue weighted by Crippen LogP contribution is 2.23. The van der Waals surface area contributed by atoms with E-state index in [-0.39, 0.29) is 24.6 Å². The first-order chi connectivity index (χ1) is 16.1. The molecule has 1 saturated heterocycles. The van der Waals surface area contributed by atoms with E-state index in [9.17, 15) is 9.59 Å². The number of rotatable bonds is 7. The molecule has 1 aliphatic rings. The van der Waals surface area contributed by atoms with Crippen molar-refractivity contribution in [3.8, 4) is 0 Å². The summed E-state index contributed by atoms with van der Waals surface area (Å²) in [6.07, 6.45) is 6.57. The van der Waals surface area contributed by atoms with Crippen molar-refractivity contribution in [2.75, 3.05) is 6.54 Å². The summed E-state index contributed by atoms with van der Waals surface area (Å²) in [5, 5.41) is 8.73. The molecule has 1 aromatic carbocycles. The Bertz CT molecular complexity index is 1330. The van der Waals surface area contributed by atoms with Gasteiger partial charge in [0.1, 0.15) is 23.6 Å². The lowest BCUT2D eigenvalue weighted by molar-refractivity contribution is -0.122. The topological polar surface area (TPSA) is 96.2 Å². The van der Waals surface area contributed by atoms with Crippen molar-refractivity contribution in [2.45, 2.75) is 58.3 Å². The highest BCUT2D eigenvalue weighted by molar-refractivity contribution is 6.06. The van der Waals surface area contributed by atoms with Gasteiger partial charge in [-0.1, -0.05) is 31.5 Å². The molecule has 3 aromatic heterocycles. The largest absolute Gasteiger partial charge is 0.463 e. The summed E-state index contributed by atoms with van der Waals surface area (Å²) in [4.78, 5) is 30.9.